The Kier molecular flexibility index (Phi) is 8.91. The molecule has 2 heterocycles. The van der Waals surface area contributed by atoms with Crippen molar-refractivity contribution in [2.75, 3.05) is 0 Å². The summed E-state index contributed by atoms with van der Waals surface area (Å²) in [5.74, 6) is 2.99. The number of aromatic nitrogens is 4. The minimum atomic E-state index is 0. The molecule has 194 valence electrons. The van der Waals surface area contributed by atoms with Crippen molar-refractivity contribution < 1.29 is 4.74 Å². The number of amidine groups is 1. The largest absolute Gasteiger partial charge is 0.457 e. The van der Waals surface area contributed by atoms with Crippen molar-refractivity contribution >= 4 is 76.7 Å². The second kappa shape index (κ2) is 11.8. The highest BCUT2D eigenvalue weighted by molar-refractivity contribution is 6.30. The van der Waals surface area contributed by atoms with Crippen LogP contribution in [0.3, 0.4) is 0 Å². The van der Waals surface area contributed by atoms with E-state index in [2.05, 4.69) is 15.0 Å². The molecule has 0 saturated carbocycles. The molecule has 6 rings (SSSR count). The number of ether oxygens (including phenoxy) is 1. The smallest absolute Gasteiger partial charge is 0.138 e. The molecule has 0 bridgehead atoms. The molecule has 2 aromatic heterocycles. The molecule has 38 heavy (non-hydrogen) atoms. The molecule has 0 fully saturated rings. The molecule has 0 aliphatic carbocycles. The van der Waals surface area contributed by atoms with Crippen LogP contribution in [0, 0.1) is 5.41 Å². The Balaban J connectivity index is 0.00000133. The van der Waals surface area contributed by atoms with Crippen LogP contribution in [0.25, 0.3) is 44.8 Å². The van der Waals surface area contributed by atoms with Crippen molar-refractivity contribution in [2.45, 2.75) is 0 Å². The number of imidazole rings is 2. The summed E-state index contributed by atoms with van der Waals surface area (Å²) >= 11 is 5.93. The van der Waals surface area contributed by atoms with Crippen LogP contribution in [-0.4, -0.2) is 25.8 Å². The van der Waals surface area contributed by atoms with Crippen molar-refractivity contribution in [3.05, 3.63) is 95.5 Å². The summed E-state index contributed by atoms with van der Waals surface area (Å²) in [5, 5.41) is 8.30. The SMILES string of the molecule is Cl.Cl.Cl.N=C(N)c1ccc2nc(-c3ccc4nc(-c5ccc(Oc6ccc(Cl)cc6)cc5)[nH]c4c3)[nH]c2c1. The maximum absolute atomic E-state index is 7.64. The molecule has 0 aliphatic heterocycles. The third-order valence-corrected chi connectivity index (χ3v) is 5.98. The van der Waals surface area contributed by atoms with Crippen LogP contribution in [-0.2, 0) is 0 Å². The first-order chi connectivity index (χ1) is 17.0. The van der Waals surface area contributed by atoms with E-state index in [1.165, 1.54) is 0 Å². The highest BCUT2D eigenvalue weighted by atomic mass is 35.5. The molecule has 7 nitrogen and oxygen atoms in total. The highest BCUT2D eigenvalue weighted by Crippen LogP contribution is 2.29. The molecular formula is C27H22Cl4N6O. The summed E-state index contributed by atoms with van der Waals surface area (Å²) in [6.07, 6.45) is 0. The Hall–Kier alpha value is -3.75. The van der Waals surface area contributed by atoms with Gasteiger partial charge in [-0.15, -0.1) is 37.2 Å². The number of nitrogens with one attached hydrogen (secondary N) is 3. The first-order valence-corrected chi connectivity index (χ1v) is 11.3. The van der Waals surface area contributed by atoms with Crippen molar-refractivity contribution in [3.63, 3.8) is 0 Å². The Labute approximate surface area is 241 Å². The van der Waals surface area contributed by atoms with E-state index in [-0.39, 0.29) is 43.1 Å². The van der Waals surface area contributed by atoms with Crippen LogP contribution in [0.1, 0.15) is 5.56 Å². The first kappa shape index (κ1) is 28.8. The van der Waals surface area contributed by atoms with Crippen LogP contribution < -0.4 is 10.5 Å². The number of rotatable bonds is 5. The lowest BCUT2D eigenvalue weighted by Crippen LogP contribution is -2.10. The normalized spacial score (nSPS) is 10.3. The molecule has 0 radical (unpaired) electrons. The quantitative estimate of drug-likeness (QED) is 0.122. The molecule has 0 atom stereocenters. The van der Waals surface area contributed by atoms with E-state index < -0.39 is 0 Å². The van der Waals surface area contributed by atoms with Crippen molar-refractivity contribution in [1.82, 2.24) is 19.9 Å². The fourth-order valence-corrected chi connectivity index (χ4v) is 4.05. The van der Waals surface area contributed by atoms with Gasteiger partial charge in [-0.25, -0.2) is 9.97 Å². The summed E-state index contributed by atoms with van der Waals surface area (Å²) in [6.45, 7) is 0. The topological polar surface area (TPSA) is 116 Å². The van der Waals surface area contributed by atoms with Crippen molar-refractivity contribution in [3.8, 4) is 34.3 Å². The van der Waals surface area contributed by atoms with Gasteiger partial charge in [0.25, 0.3) is 0 Å². The zero-order chi connectivity index (χ0) is 23.9. The maximum Gasteiger partial charge on any atom is 0.138 e. The van der Waals surface area contributed by atoms with E-state index in [1.807, 2.05) is 66.7 Å². The second-order valence-corrected chi connectivity index (χ2v) is 8.57. The number of nitrogen functional groups attached to an aromatic ring is 1. The van der Waals surface area contributed by atoms with Gasteiger partial charge in [0.05, 0.1) is 22.1 Å². The number of H-pyrrole nitrogens is 2. The fourth-order valence-electron chi connectivity index (χ4n) is 3.93. The molecule has 0 aliphatic rings. The summed E-state index contributed by atoms with van der Waals surface area (Å²) in [7, 11) is 0. The number of fused-ring (bicyclic) bond motifs is 2. The number of nitrogens with two attached hydrogens (primary N) is 1. The molecule has 6 aromatic rings. The van der Waals surface area contributed by atoms with Gasteiger partial charge in [-0.1, -0.05) is 11.6 Å². The summed E-state index contributed by atoms with van der Waals surface area (Å²) < 4.78 is 5.87. The molecule has 4 aromatic carbocycles. The number of nitrogens with zero attached hydrogens (tertiary/aromatic N) is 2. The minimum absolute atomic E-state index is 0. The molecule has 5 N–H and O–H groups in total. The molecule has 0 unspecified atom stereocenters. The number of hydrogen-bond donors (Lipinski definition) is 4. The number of benzene rings is 4. The molecule has 0 amide bonds. The molecule has 11 heteroatoms. The van der Waals surface area contributed by atoms with E-state index in [9.17, 15) is 0 Å². The van der Waals surface area contributed by atoms with Gasteiger partial charge in [-0.2, -0.15) is 0 Å². The third-order valence-electron chi connectivity index (χ3n) is 5.73. The Morgan fingerprint density at radius 3 is 1.79 bits per heavy atom. The standard InChI is InChI=1S/C27H19ClN6O.3ClH/c28-18-5-9-20(10-6-18)35-19-7-1-15(2-8-19)26-31-22-12-4-17(14-24(22)33-26)27-32-21-11-3-16(25(29)30)13-23(21)34-27;;;/h1-14H,(H3,29,30)(H,31,33)(H,32,34);3*1H. The molecule has 0 saturated heterocycles. The van der Waals surface area contributed by atoms with Crippen LogP contribution in [0.15, 0.2) is 84.9 Å². The van der Waals surface area contributed by atoms with Gasteiger partial charge < -0.3 is 20.4 Å². The molecular weight excluding hydrogens is 566 g/mol. The van der Waals surface area contributed by atoms with E-state index in [0.717, 1.165) is 56.3 Å². The predicted octanol–water partition coefficient (Wildman–Crippen LogP) is 7.77. The number of aromatic amines is 2. The van der Waals surface area contributed by atoms with Crippen LogP contribution >= 0.6 is 48.8 Å². The van der Waals surface area contributed by atoms with Crippen molar-refractivity contribution in [2.24, 2.45) is 5.73 Å². The van der Waals surface area contributed by atoms with Crippen LogP contribution in [0.4, 0.5) is 0 Å². The van der Waals surface area contributed by atoms with E-state index in [1.54, 1.807) is 18.2 Å². The van der Waals surface area contributed by atoms with Gasteiger partial charge in [-0.05, 0) is 84.9 Å². The van der Waals surface area contributed by atoms with E-state index >= 15 is 0 Å². The summed E-state index contributed by atoms with van der Waals surface area (Å²) in [6, 6.07) is 26.5. The monoisotopic (exact) mass is 586 g/mol. The lowest BCUT2D eigenvalue weighted by molar-refractivity contribution is 0.483. The van der Waals surface area contributed by atoms with E-state index in [4.69, 9.17) is 32.5 Å². The van der Waals surface area contributed by atoms with Gasteiger partial charge in [0.1, 0.15) is 29.0 Å². The summed E-state index contributed by atoms with van der Waals surface area (Å²) in [5.41, 5.74) is 11.6. The first-order valence-electron chi connectivity index (χ1n) is 10.9. The van der Waals surface area contributed by atoms with Crippen molar-refractivity contribution in [1.29, 1.82) is 5.41 Å². The average molecular weight is 588 g/mol. The zero-order valence-corrected chi connectivity index (χ0v) is 22.8. The Morgan fingerprint density at radius 1 is 0.684 bits per heavy atom. The second-order valence-electron chi connectivity index (χ2n) is 8.13. The van der Waals surface area contributed by atoms with Crippen LogP contribution in [0.2, 0.25) is 5.02 Å². The number of halogens is 4. The maximum atomic E-state index is 7.64. The fraction of sp³-hybridized carbons (Fsp3) is 0. The summed E-state index contributed by atoms with van der Waals surface area (Å²) in [4.78, 5) is 16.1. The highest BCUT2D eigenvalue weighted by Gasteiger charge is 2.11. The van der Waals surface area contributed by atoms with Gasteiger partial charge in [0, 0.05) is 21.7 Å². The predicted molar refractivity (Wildman–Crippen MR) is 161 cm³/mol. The molecule has 0 spiro atoms. The number of hydrogen-bond acceptors (Lipinski definition) is 4. The Bertz CT molecular complexity index is 1710. The zero-order valence-electron chi connectivity index (χ0n) is 19.6. The van der Waals surface area contributed by atoms with E-state index in [0.29, 0.717) is 10.6 Å². The van der Waals surface area contributed by atoms with Gasteiger partial charge in [0.2, 0.25) is 0 Å². The van der Waals surface area contributed by atoms with Gasteiger partial charge in [-0.3, -0.25) is 5.41 Å². The van der Waals surface area contributed by atoms with Gasteiger partial charge >= 0.3 is 0 Å². The van der Waals surface area contributed by atoms with Gasteiger partial charge in [0.15, 0.2) is 0 Å². The minimum Gasteiger partial charge on any atom is -0.457 e. The lowest BCUT2D eigenvalue weighted by Gasteiger charge is -2.06. The van der Waals surface area contributed by atoms with Crippen LogP contribution in [0.5, 0.6) is 11.5 Å². The lowest BCUT2D eigenvalue weighted by atomic mass is 10.2. The third kappa shape index (κ3) is 5.71. The average Bonchev–Trinajstić information content (AvgIpc) is 3.49. The Morgan fingerprint density at radius 2 is 1.18 bits per heavy atom.